The molecule has 0 aliphatic rings. The Bertz CT molecular complexity index is 1440. The van der Waals surface area contributed by atoms with E-state index in [1.54, 1.807) is 12.1 Å². The summed E-state index contributed by atoms with van der Waals surface area (Å²) in [5.41, 5.74) is 1.94. The second-order valence-corrected chi connectivity index (χ2v) is 10.3. The molecule has 0 spiro atoms. The van der Waals surface area contributed by atoms with Crippen LogP contribution in [0.4, 0.5) is 0 Å². The second-order valence-electron chi connectivity index (χ2n) is 8.25. The third-order valence-electron chi connectivity index (χ3n) is 5.76. The summed E-state index contributed by atoms with van der Waals surface area (Å²) in [5, 5.41) is 19.8. The number of amides is 1. The Balaban J connectivity index is 1.68. The standard InChI is InChI=1S/C28H21Cl2NO5S/c29-20-10-12-22(23(30)15-20)26(32)31(24(28(35)36)14-17-4-2-1-3-5-17)16-21-11-13-25(37-21)18-6-8-19(9-7-18)27(33)34/h1-13,15,24H,14,16H2,(H,33,34)(H,35,36). The highest BCUT2D eigenvalue weighted by Crippen LogP contribution is 2.31. The van der Waals surface area contributed by atoms with Crippen molar-refractivity contribution in [3.63, 3.8) is 0 Å². The molecule has 188 valence electrons. The van der Waals surface area contributed by atoms with Crippen LogP contribution in [-0.2, 0) is 17.8 Å². The first kappa shape index (κ1) is 26.4. The maximum absolute atomic E-state index is 13.7. The molecule has 0 aliphatic heterocycles. The van der Waals surface area contributed by atoms with Crippen LogP contribution in [0.3, 0.4) is 0 Å². The van der Waals surface area contributed by atoms with Crippen LogP contribution < -0.4 is 0 Å². The quantitative estimate of drug-likeness (QED) is 0.239. The molecular formula is C28H21Cl2NO5S. The van der Waals surface area contributed by atoms with Gasteiger partial charge in [0.15, 0.2) is 0 Å². The number of benzene rings is 3. The summed E-state index contributed by atoms with van der Waals surface area (Å²) in [6, 6.07) is 22.6. The zero-order valence-electron chi connectivity index (χ0n) is 19.3. The molecule has 0 saturated heterocycles. The van der Waals surface area contributed by atoms with Gasteiger partial charge in [0.25, 0.3) is 5.91 Å². The average molecular weight is 554 g/mol. The molecule has 1 heterocycles. The fraction of sp³-hybridized carbons (Fsp3) is 0.107. The number of thiophene rings is 1. The van der Waals surface area contributed by atoms with Crippen molar-refractivity contribution in [2.24, 2.45) is 0 Å². The van der Waals surface area contributed by atoms with Gasteiger partial charge in [-0.05, 0) is 53.6 Å². The fourth-order valence-corrected chi connectivity index (χ4v) is 5.37. The van der Waals surface area contributed by atoms with Crippen molar-refractivity contribution >= 4 is 52.4 Å². The van der Waals surface area contributed by atoms with Crippen molar-refractivity contribution in [3.05, 3.63) is 117 Å². The van der Waals surface area contributed by atoms with E-state index in [-0.39, 0.29) is 29.1 Å². The summed E-state index contributed by atoms with van der Waals surface area (Å²) >= 11 is 13.7. The molecule has 1 amide bonds. The van der Waals surface area contributed by atoms with E-state index in [1.807, 2.05) is 42.5 Å². The van der Waals surface area contributed by atoms with E-state index in [2.05, 4.69) is 0 Å². The van der Waals surface area contributed by atoms with Gasteiger partial charge in [0.1, 0.15) is 6.04 Å². The zero-order chi connectivity index (χ0) is 26.5. The van der Waals surface area contributed by atoms with E-state index >= 15 is 0 Å². The molecule has 4 rings (SSSR count). The van der Waals surface area contributed by atoms with E-state index in [0.29, 0.717) is 5.02 Å². The lowest BCUT2D eigenvalue weighted by Gasteiger charge is -2.29. The van der Waals surface area contributed by atoms with E-state index in [0.717, 1.165) is 20.9 Å². The zero-order valence-corrected chi connectivity index (χ0v) is 21.6. The molecule has 0 radical (unpaired) electrons. The van der Waals surface area contributed by atoms with Gasteiger partial charge in [-0.2, -0.15) is 0 Å². The van der Waals surface area contributed by atoms with Gasteiger partial charge in [-0.3, -0.25) is 4.79 Å². The number of carbonyl (C=O) groups is 3. The molecule has 0 fully saturated rings. The number of hydrogen-bond acceptors (Lipinski definition) is 4. The Hall–Kier alpha value is -3.65. The predicted octanol–water partition coefficient (Wildman–Crippen LogP) is 6.76. The number of carboxylic acids is 2. The largest absolute Gasteiger partial charge is 0.480 e. The van der Waals surface area contributed by atoms with Crippen LogP contribution in [0, 0.1) is 0 Å². The van der Waals surface area contributed by atoms with Gasteiger partial charge in [0.05, 0.1) is 22.7 Å². The summed E-state index contributed by atoms with van der Waals surface area (Å²) in [6.07, 6.45) is 0.113. The van der Waals surface area contributed by atoms with E-state index in [9.17, 15) is 19.5 Å². The van der Waals surface area contributed by atoms with Gasteiger partial charge in [0, 0.05) is 21.2 Å². The molecule has 9 heteroatoms. The molecule has 1 atom stereocenters. The maximum Gasteiger partial charge on any atom is 0.335 e. The van der Waals surface area contributed by atoms with Crippen LogP contribution in [0.5, 0.6) is 0 Å². The first-order valence-electron chi connectivity index (χ1n) is 11.2. The van der Waals surface area contributed by atoms with E-state index in [1.165, 1.54) is 46.6 Å². The normalized spacial score (nSPS) is 11.6. The molecule has 0 saturated carbocycles. The maximum atomic E-state index is 13.7. The lowest BCUT2D eigenvalue weighted by atomic mass is 10.0. The van der Waals surface area contributed by atoms with Crippen LogP contribution in [0.1, 0.15) is 31.2 Å². The number of carbonyl (C=O) groups excluding carboxylic acids is 1. The Morgan fingerprint density at radius 2 is 1.57 bits per heavy atom. The number of rotatable bonds is 9. The van der Waals surface area contributed by atoms with Gasteiger partial charge >= 0.3 is 11.9 Å². The summed E-state index contributed by atoms with van der Waals surface area (Å²) in [6.45, 7) is 0.0411. The number of nitrogens with zero attached hydrogens (tertiary/aromatic N) is 1. The van der Waals surface area contributed by atoms with Crippen LogP contribution in [0.2, 0.25) is 10.0 Å². The molecular weight excluding hydrogens is 533 g/mol. The monoisotopic (exact) mass is 553 g/mol. The third-order valence-corrected chi connectivity index (χ3v) is 7.43. The van der Waals surface area contributed by atoms with E-state index < -0.39 is 23.9 Å². The minimum Gasteiger partial charge on any atom is -0.480 e. The van der Waals surface area contributed by atoms with Crippen LogP contribution >= 0.6 is 34.5 Å². The number of hydrogen-bond donors (Lipinski definition) is 2. The van der Waals surface area contributed by atoms with Crippen LogP contribution in [-0.4, -0.2) is 39.0 Å². The molecule has 1 aromatic heterocycles. The second kappa shape index (κ2) is 11.6. The van der Waals surface area contributed by atoms with Gasteiger partial charge in [-0.1, -0.05) is 65.7 Å². The Kier molecular flexibility index (Phi) is 8.28. The van der Waals surface area contributed by atoms with Gasteiger partial charge in [0.2, 0.25) is 0 Å². The summed E-state index contributed by atoms with van der Waals surface area (Å²) in [7, 11) is 0. The van der Waals surface area contributed by atoms with E-state index in [4.69, 9.17) is 28.3 Å². The highest BCUT2D eigenvalue weighted by Gasteiger charge is 2.32. The first-order valence-corrected chi connectivity index (χ1v) is 12.8. The topological polar surface area (TPSA) is 94.9 Å². The SMILES string of the molecule is O=C(O)c1ccc(-c2ccc(CN(C(=O)c3ccc(Cl)cc3Cl)C(Cc3ccccc3)C(=O)O)s2)cc1. The minimum atomic E-state index is -1.15. The highest BCUT2D eigenvalue weighted by atomic mass is 35.5. The summed E-state index contributed by atoms with van der Waals surface area (Å²) < 4.78 is 0. The van der Waals surface area contributed by atoms with Crippen LogP contribution in [0.15, 0.2) is 84.9 Å². The summed E-state index contributed by atoms with van der Waals surface area (Å²) in [4.78, 5) is 40.2. The lowest BCUT2D eigenvalue weighted by molar-refractivity contribution is -0.142. The molecule has 0 aliphatic carbocycles. The smallest absolute Gasteiger partial charge is 0.335 e. The number of halogens is 2. The van der Waals surface area contributed by atoms with Crippen LogP contribution in [0.25, 0.3) is 10.4 Å². The third kappa shape index (κ3) is 6.38. The van der Waals surface area contributed by atoms with Crippen molar-refractivity contribution in [3.8, 4) is 10.4 Å². The minimum absolute atomic E-state index is 0.0411. The fourth-order valence-electron chi connectivity index (χ4n) is 3.87. The number of carboxylic acid groups (broad SMARTS) is 2. The molecule has 6 nitrogen and oxygen atoms in total. The first-order chi connectivity index (χ1) is 17.7. The van der Waals surface area contributed by atoms with Gasteiger partial charge in [-0.25, -0.2) is 9.59 Å². The lowest BCUT2D eigenvalue weighted by Crippen LogP contribution is -2.46. The highest BCUT2D eigenvalue weighted by molar-refractivity contribution is 7.15. The van der Waals surface area contributed by atoms with Crippen molar-refractivity contribution < 1.29 is 24.6 Å². The average Bonchev–Trinajstić information content (AvgIpc) is 3.35. The molecule has 0 bridgehead atoms. The number of aromatic carboxylic acids is 1. The van der Waals surface area contributed by atoms with Crippen molar-refractivity contribution in [2.75, 3.05) is 0 Å². The Morgan fingerprint density at radius 3 is 2.19 bits per heavy atom. The Morgan fingerprint density at radius 1 is 0.865 bits per heavy atom. The molecule has 2 N–H and O–H groups in total. The summed E-state index contributed by atoms with van der Waals surface area (Å²) in [5.74, 6) is -2.67. The molecule has 37 heavy (non-hydrogen) atoms. The van der Waals surface area contributed by atoms with Gasteiger partial charge < -0.3 is 15.1 Å². The van der Waals surface area contributed by atoms with Crippen molar-refractivity contribution in [1.82, 2.24) is 4.90 Å². The number of aliphatic carboxylic acids is 1. The van der Waals surface area contributed by atoms with Crippen molar-refractivity contribution in [1.29, 1.82) is 0 Å². The van der Waals surface area contributed by atoms with Gasteiger partial charge in [-0.15, -0.1) is 11.3 Å². The molecule has 4 aromatic rings. The Labute approximate surface area is 227 Å². The van der Waals surface area contributed by atoms with Crippen molar-refractivity contribution in [2.45, 2.75) is 19.0 Å². The molecule has 1 unspecified atom stereocenters. The predicted molar refractivity (Wildman–Crippen MR) is 145 cm³/mol. The molecule has 3 aromatic carbocycles.